The Bertz CT molecular complexity index is 610. The van der Waals surface area contributed by atoms with E-state index in [1.807, 2.05) is 6.07 Å². The van der Waals surface area contributed by atoms with Crippen LogP contribution in [0.4, 0.5) is 5.69 Å². The molecule has 152 valence electrons. The molecule has 7 heteroatoms. The number of benzene rings is 1. The number of hydrogen-bond acceptors (Lipinski definition) is 4. The molecule has 2 fully saturated rings. The summed E-state index contributed by atoms with van der Waals surface area (Å²) in [7, 11) is 3.37. The van der Waals surface area contributed by atoms with Crippen LogP contribution in [0.15, 0.2) is 23.2 Å². The van der Waals surface area contributed by atoms with Gasteiger partial charge in [0.1, 0.15) is 11.5 Å². The van der Waals surface area contributed by atoms with E-state index in [1.165, 1.54) is 12.8 Å². The van der Waals surface area contributed by atoms with Gasteiger partial charge in [-0.1, -0.05) is 6.92 Å². The van der Waals surface area contributed by atoms with Crippen molar-refractivity contribution in [1.82, 2.24) is 4.90 Å². The molecule has 0 amide bonds. The lowest BCUT2D eigenvalue weighted by atomic mass is 10.00. The topological polar surface area (TPSA) is 63.3 Å². The average Bonchev–Trinajstić information content (AvgIpc) is 3.15. The SMILES string of the molecule is COc1cc(OC)cc(N2CCC(CN=C(N)N3CCC(C)CC3)C2)c1.I. The first kappa shape index (κ1) is 21.9. The molecule has 3 rings (SSSR count). The van der Waals surface area contributed by atoms with Crippen LogP contribution in [0.25, 0.3) is 0 Å². The van der Waals surface area contributed by atoms with Gasteiger partial charge in [-0.15, -0.1) is 24.0 Å². The van der Waals surface area contributed by atoms with E-state index in [9.17, 15) is 0 Å². The summed E-state index contributed by atoms with van der Waals surface area (Å²) in [5.74, 6) is 3.71. The lowest BCUT2D eigenvalue weighted by Gasteiger charge is -2.31. The van der Waals surface area contributed by atoms with Crippen molar-refractivity contribution in [2.24, 2.45) is 22.6 Å². The second-order valence-electron chi connectivity index (χ2n) is 7.54. The number of halogens is 1. The third-order valence-corrected chi connectivity index (χ3v) is 5.61. The largest absolute Gasteiger partial charge is 0.497 e. The normalized spacial score (nSPS) is 21.1. The smallest absolute Gasteiger partial charge is 0.191 e. The van der Waals surface area contributed by atoms with E-state index >= 15 is 0 Å². The van der Waals surface area contributed by atoms with E-state index in [0.717, 1.165) is 68.2 Å². The summed E-state index contributed by atoms with van der Waals surface area (Å²) in [4.78, 5) is 9.31. The lowest BCUT2D eigenvalue weighted by molar-refractivity contribution is 0.277. The van der Waals surface area contributed by atoms with E-state index in [2.05, 4.69) is 28.9 Å². The first-order valence-corrected chi connectivity index (χ1v) is 9.62. The highest BCUT2D eigenvalue weighted by molar-refractivity contribution is 14.0. The standard InChI is InChI=1S/C20H32N4O2.HI/c1-15-4-7-23(8-5-15)20(21)22-13-16-6-9-24(14-16)17-10-18(25-2)12-19(11-17)26-3;/h10-12,15-16H,4-9,13-14H2,1-3H3,(H2,21,22);1H. The van der Waals surface area contributed by atoms with Gasteiger partial charge in [0.15, 0.2) is 5.96 Å². The molecule has 1 atom stereocenters. The molecule has 2 N–H and O–H groups in total. The molecule has 27 heavy (non-hydrogen) atoms. The molecule has 2 aliphatic rings. The molecule has 0 aliphatic carbocycles. The number of anilines is 1. The maximum absolute atomic E-state index is 6.22. The van der Waals surface area contributed by atoms with Gasteiger partial charge >= 0.3 is 0 Å². The Morgan fingerprint density at radius 3 is 2.30 bits per heavy atom. The molecule has 0 radical (unpaired) electrons. The van der Waals surface area contributed by atoms with Crippen molar-refractivity contribution in [3.05, 3.63) is 18.2 Å². The fraction of sp³-hybridized carbons (Fsp3) is 0.650. The Morgan fingerprint density at radius 1 is 1.07 bits per heavy atom. The summed E-state index contributed by atoms with van der Waals surface area (Å²) in [5.41, 5.74) is 7.37. The summed E-state index contributed by atoms with van der Waals surface area (Å²) in [6, 6.07) is 6.04. The summed E-state index contributed by atoms with van der Waals surface area (Å²) in [6.45, 7) is 7.20. The lowest BCUT2D eigenvalue weighted by Crippen LogP contribution is -2.42. The molecule has 2 saturated heterocycles. The minimum absolute atomic E-state index is 0. The maximum Gasteiger partial charge on any atom is 0.191 e. The fourth-order valence-corrected chi connectivity index (χ4v) is 3.75. The highest BCUT2D eigenvalue weighted by atomic mass is 127. The maximum atomic E-state index is 6.22. The van der Waals surface area contributed by atoms with Crippen LogP contribution in [-0.4, -0.2) is 57.8 Å². The molecular weight excluding hydrogens is 455 g/mol. The highest BCUT2D eigenvalue weighted by Gasteiger charge is 2.24. The number of nitrogens with zero attached hydrogens (tertiary/aromatic N) is 3. The number of hydrogen-bond donors (Lipinski definition) is 1. The van der Waals surface area contributed by atoms with Gasteiger partial charge in [0, 0.05) is 56.6 Å². The minimum Gasteiger partial charge on any atom is -0.497 e. The van der Waals surface area contributed by atoms with Gasteiger partial charge in [-0.2, -0.15) is 0 Å². The second kappa shape index (κ2) is 10.2. The first-order valence-electron chi connectivity index (χ1n) is 9.62. The Balaban J connectivity index is 0.00000261. The Labute approximate surface area is 180 Å². The summed E-state index contributed by atoms with van der Waals surface area (Å²) < 4.78 is 10.8. The van der Waals surface area contributed by atoms with Crippen LogP contribution in [0.5, 0.6) is 11.5 Å². The van der Waals surface area contributed by atoms with Crippen LogP contribution in [0.3, 0.4) is 0 Å². The van der Waals surface area contributed by atoms with Crippen molar-refractivity contribution >= 4 is 35.6 Å². The van der Waals surface area contributed by atoms with Crippen LogP contribution in [0.1, 0.15) is 26.2 Å². The molecule has 2 heterocycles. The van der Waals surface area contributed by atoms with Gasteiger partial charge in [0.25, 0.3) is 0 Å². The average molecular weight is 488 g/mol. The zero-order chi connectivity index (χ0) is 18.5. The van der Waals surface area contributed by atoms with Gasteiger partial charge in [-0.25, -0.2) is 0 Å². The molecule has 1 aromatic carbocycles. The van der Waals surface area contributed by atoms with Crippen molar-refractivity contribution in [2.45, 2.75) is 26.2 Å². The number of rotatable bonds is 5. The Hall–Kier alpha value is -1.38. The van der Waals surface area contributed by atoms with Gasteiger partial charge in [0.05, 0.1) is 14.2 Å². The number of guanidine groups is 1. The van der Waals surface area contributed by atoms with Crippen LogP contribution in [-0.2, 0) is 0 Å². The molecule has 1 unspecified atom stereocenters. The molecule has 6 nitrogen and oxygen atoms in total. The van der Waals surface area contributed by atoms with Crippen molar-refractivity contribution in [3.63, 3.8) is 0 Å². The summed E-state index contributed by atoms with van der Waals surface area (Å²) in [5, 5.41) is 0. The first-order chi connectivity index (χ1) is 12.6. The van der Waals surface area contributed by atoms with Crippen molar-refractivity contribution in [1.29, 1.82) is 0 Å². The number of ether oxygens (including phenoxy) is 2. The van der Waals surface area contributed by atoms with E-state index in [0.29, 0.717) is 5.92 Å². The zero-order valence-electron chi connectivity index (χ0n) is 16.7. The molecular formula is C20H33IN4O2. The summed E-state index contributed by atoms with van der Waals surface area (Å²) in [6.07, 6.45) is 3.56. The van der Waals surface area contributed by atoms with Crippen LogP contribution < -0.4 is 20.1 Å². The monoisotopic (exact) mass is 488 g/mol. The zero-order valence-corrected chi connectivity index (χ0v) is 19.0. The quantitative estimate of drug-likeness (QED) is 0.392. The Morgan fingerprint density at radius 2 is 1.70 bits per heavy atom. The van der Waals surface area contributed by atoms with E-state index < -0.39 is 0 Å². The molecule has 0 spiro atoms. The van der Waals surface area contributed by atoms with Crippen molar-refractivity contribution in [3.8, 4) is 11.5 Å². The predicted molar refractivity (Wildman–Crippen MR) is 122 cm³/mol. The second-order valence-corrected chi connectivity index (χ2v) is 7.54. The number of likely N-dealkylation sites (tertiary alicyclic amines) is 1. The van der Waals surface area contributed by atoms with Crippen LogP contribution in [0, 0.1) is 11.8 Å². The minimum atomic E-state index is 0. The number of methoxy groups -OCH3 is 2. The molecule has 0 aromatic heterocycles. The third-order valence-electron chi connectivity index (χ3n) is 5.61. The van der Waals surface area contributed by atoms with Gasteiger partial charge in [-0.05, 0) is 31.1 Å². The van der Waals surface area contributed by atoms with Crippen LogP contribution in [0.2, 0.25) is 0 Å². The van der Waals surface area contributed by atoms with E-state index in [4.69, 9.17) is 20.2 Å². The number of aliphatic imine (C=N–C) groups is 1. The molecule has 0 bridgehead atoms. The van der Waals surface area contributed by atoms with E-state index in [1.54, 1.807) is 14.2 Å². The fourth-order valence-electron chi connectivity index (χ4n) is 3.75. The molecule has 1 aromatic rings. The van der Waals surface area contributed by atoms with E-state index in [-0.39, 0.29) is 24.0 Å². The van der Waals surface area contributed by atoms with Gasteiger partial charge in [-0.3, -0.25) is 4.99 Å². The molecule has 0 saturated carbocycles. The Kier molecular flexibility index (Phi) is 8.31. The van der Waals surface area contributed by atoms with Crippen LogP contribution >= 0.6 is 24.0 Å². The van der Waals surface area contributed by atoms with Crippen molar-refractivity contribution < 1.29 is 9.47 Å². The van der Waals surface area contributed by atoms with Gasteiger partial charge in [0.2, 0.25) is 0 Å². The third kappa shape index (κ3) is 5.80. The summed E-state index contributed by atoms with van der Waals surface area (Å²) >= 11 is 0. The predicted octanol–water partition coefficient (Wildman–Crippen LogP) is 3.19. The number of nitrogens with two attached hydrogens (primary N) is 1. The molecule has 2 aliphatic heterocycles. The number of piperidine rings is 1. The van der Waals surface area contributed by atoms with Gasteiger partial charge < -0.3 is 25.0 Å². The van der Waals surface area contributed by atoms with Crippen molar-refractivity contribution in [2.75, 3.05) is 51.8 Å². The highest BCUT2D eigenvalue weighted by Crippen LogP contribution is 2.31.